The van der Waals surface area contributed by atoms with Crippen molar-refractivity contribution in [2.24, 2.45) is 0 Å². The second-order valence-corrected chi connectivity index (χ2v) is 4.62. The van der Waals surface area contributed by atoms with E-state index in [0.29, 0.717) is 12.7 Å². The van der Waals surface area contributed by atoms with Gasteiger partial charge in [-0.15, -0.1) is 0 Å². The lowest BCUT2D eigenvalue weighted by Gasteiger charge is -2.08. The van der Waals surface area contributed by atoms with Crippen molar-refractivity contribution in [2.45, 2.75) is 25.0 Å². The molecular formula is C13H17NO3. The van der Waals surface area contributed by atoms with Crippen LogP contribution in [0.4, 0.5) is 5.69 Å². The van der Waals surface area contributed by atoms with Crippen LogP contribution in [0.25, 0.3) is 0 Å². The number of rotatable bonds is 6. The summed E-state index contributed by atoms with van der Waals surface area (Å²) in [4.78, 5) is 0. The summed E-state index contributed by atoms with van der Waals surface area (Å²) in [6.07, 6.45) is 2.77. The fourth-order valence-electron chi connectivity index (χ4n) is 1.80. The first-order valence-electron chi connectivity index (χ1n) is 6.05. The molecule has 0 saturated carbocycles. The van der Waals surface area contributed by atoms with Gasteiger partial charge in [-0.05, 0) is 24.5 Å². The number of hydrogen-bond donors (Lipinski definition) is 1. The first-order valence-corrected chi connectivity index (χ1v) is 6.05. The van der Waals surface area contributed by atoms with E-state index in [2.05, 4.69) is 0 Å². The van der Waals surface area contributed by atoms with Crippen molar-refractivity contribution in [3.05, 3.63) is 23.8 Å². The molecule has 2 heterocycles. The van der Waals surface area contributed by atoms with Gasteiger partial charge in [0, 0.05) is 11.8 Å². The van der Waals surface area contributed by atoms with Gasteiger partial charge >= 0.3 is 0 Å². The van der Waals surface area contributed by atoms with Crippen LogP contribution < -0.4 is 10.5 Å². The van der Waals surface area contributed by atoms with E-state index in [1.165, 1.54) is 5.56 Å². The largest absolute Gasteiger partial charge is 0.491 e. The van der Waals surface area contributed by atoms with Crippen molar-refractivity contribution in [2.75, 3.05) is 25.6 Å². The van der Waals surface area contributed by atoms with E-state index >= 15 is 0 Å². The van der Waals surface area contributed by atoms with Crippen LogP contribution in [0.3, 0.4) is 0 Å². The normalized spacial score (nSPS) is 25.6. The zero-order valence-corrected chi connectivity index (χ0v) is 9.72. The standard InChI is InChI=1S/C13H17NO3/c14-13-5-10(15-7-12-8-17-12)3-1-9(13)2-4-11-6-16-11/h1,3,5,11-12H,2,4,6-8,14H2. The van der Waals surface area contributed by atoms with Gasteiger partial charge in [0.05, 0.1) is 19.3 Å². The SMILES string of the molecule is Nc1cc(OCC2CO2)ccc1CCC1CO1. The second-order valence-electron chi connectivity index (χ2n) is 4.62. The zero-order chi connectivity index (χ0) is 11.7. The Hall–Kier alpha value is -1.26. The van der Waals surface area contributed by atoms with Crippen molar-refractivity contribution >= 4 is 5.69 Å². The predicted octanol–water partition coefficient (Wildman–Crippen LogP) is 1.38. The Morgan fingerprint density at radius 1 is 1.24 bits per heavy atom. The third-order valence-electron chi connectivity index (χ3n) is 3.09. The summed E-state index contributed by atoms with van der Waals surface area (Å²) in [5.41, 5.74) is 7.98. The molecule has 2 aliphatic rings. The van der Waals surface area contributed by atoms with Crippen LogP contribution in [-0.4, -0.2) is 32.0 Å². The maximum absolute atomic E-state index is 6.00. The van der Waals surface area contributed by atoms with Gasteiger partial charge in [-0.3, -0.25) is 0 Å². The van der Waals surface area contributed by atoms with Gasteiger partial charge in [-0.2, -0.15) is 0 Å². The number of nitrogen functional groups attached to an aromatic ring is 1. The second kappa shape index (κ2) is 4.55. The molecule has 0 radical (unpaired) electrons. The Labute approximate surface area is 101 Å². The number of epoxide rings is 2. The Kier molecular flexibility index (Phi) is 2.91. The summed E-state index contributed by atoms with van der Waals surface area (Å²) in [6.45, 7) is 2.34. The van der Waals surface area contributed by atoms with Gasteiger partial charge < -0.3 is 19.9 Å². The minimum atomic E-state index is 0.280. The molecule has 0 amide bonds. The highest BCUT2D eigenvalue weighted by atomic mass is 16.6. The summed E-state index contributed by atoms with van der Waals surface area (Å²) in [6, 6.07) is 5.91. The van der Waals surface area contributed by atoms with Crippen LogP contribution in [0, 0.1) is 0 Å². The lowest BCUT2D eigenvalue weighted by atomic mass is 10.1. The lowest BCUT2D eigenvalue weighted by molar-refractivity contribution is 0.263. The summed E-state index contributed by atoms with van der Waals surface area (Å²) in [7, 11) is 0. The highest BCUT2D eigenvalue weighted by Crippen LogP contribution is 2.24. The molecule has 4 nitrogen and oxygen atoms in total. The van der Waals surface area contributed by atoms with E-state index in [-0.39, 0.29) is 6.10 Å². The number of benzene rings is 1. The molecule has 0 aliphatic carbocycles. The Morgan fingerprint density at radius 2 is 2.00 bits per heavy atom. The van der Waals surface area contributed by atoms with E-state index in [1.54, 1.807) is 0 Å². The summed E-state index contributed by atoms with van der Waals surface area (Å²) >= 11 is 0. The topological polar surface area (TPSA) is 60.3 Å². The number of ether oxygens (including phenoxy) is 3. The minimum absolute atomic E-state index is 0.280. The molecule has 1 aromatic carbocycles. The van der Waals surface area contributed by atoms with Crippen LogP contribution in [0.2, 0.25) is 0 Å². The number of hydrogen-bond acceptors (Lipinski definition) is 4. The van der Waals surface area contributed by atoms with E-state index in [9.17, 15) is 0 Å². The molecule has 92 valence electrons. The third kappa shape index (κ3) is 3.11. The van der Waals surface area contributed by atoms with Crippen molar-refractivity contribution in [3.8, 4) is 5.75 Å². The van der Waals surface area contributed by atoms with Crippen LogP contribution in [0.15, 0.2) is 18.2 Å². The van der Waals surface area contributed by atoms with Gasteiger partial charge in [0.2, 0.25) is 0 Å². The van der Waals surface area contributed by atoms with Crippen LogP contribution >= 0.6 is 0 Å². The van der Waals surface area contributed by atoms with E-state index in [4.69, 9.17) is 19.9 Å². The van der Waals surface area contributed by atoms with Crippen LogP contribution in [0.5, 0.6) is 5.75 Å². The van der Waals surface area contributed by atoms with Crippen molar-refractivity contribution in [1.29, 1.82) is 0 Å². The van der Waals surface area contributed by atoms with E-state index in [0.717, 1.165) is 37.5 Å². The molecule has 2 atom stereocenters. The quantitative estimate of drug-likeness (QED) is 0.597. The van der Waals surface area contributed by atoms with E-state index < -0.39 is 0 Å². The molecule has 2 saturated heterocycles. The molecule has 3 rings (SSSR count). The Bertz CT molecular complexity index is 400. The highest BCUT2D eigenvalue weighted by Gasteiger charge is 2.23. The smallest absolute Gasteiger partial charge is 0.121 e. The van der Waals surface area contributed by atoms with Crippen molar-refractivity contribution in [3.63, 3.8) is 0 Å². The lowest BCUT2D eigenvalue weighted by Crippen LogP contribution is -2.05. The fraction of sp³-hybridized carbons (Fsp3) is 0.538. The number of aryl methyl sites for hydroxylation is 1. The molecule has 17 heavy (non-hydrogen) atoms. The third-order valence-corrected chi connectivity index (χ3v) is 3.09. The summed E-state index contributed by atoms with van der Waals surface area (Å²) < 4.78 is 15.8. The van der Waals surface area contributed by atoms with Crippen molar-refractivity contribution < 1.29 is 14.2 Å². The maximum atomic E-state index is 6.00. The number of nitrogens with two attached hydrogens (primary N) is 1. The van der Waals surface area contributed by atoms with Gasteiger partial charge in [0.25, 0.3) is 0 Å². The van der Waals surface area contributed by atoms with E-state index in [1.807, 2.05) is 18.2 Å². The maximum Gasteiger partial charge on any atom is 0.121 e. The average molecular weight is 235 g/mol. The molecule has 2 N–H and O–H groups in total. The molecular weight excluding hydrogens is 218 g/mol. The predicted molar refractivity (Wildman–Crippen MR) is 64.2 cm³/mol. The van der Waals surface area contributed by atoms with Crippen molar-refractivity contribution in [1.82, 2.24) is 0 Å². The molecule has 2 unspecified atom stereocenters. The molecule has 0 aromatic heterocycles. The average Bonchev–Trinajstić information content (AvgIpc) is 3.18. The highest BCUT2D eigenvalue weighted by molar-refractivity contribution is 5.51. The van der Waals surface area contributed by atoms with Gasteiger partial charge in [-0.1, -0.05) is 6.07 Å². The first kappa shape index (κ1) is 10.9. The zero-order valence-electron chi connectivity index (χ0n) is 9.72. The fourth-order valence-corrected chi connectivity index (χ4v) is 1.80. The van der Waals surface area contributed by atoms with Gasteiger partial charge in [0.15, 0.2) is 0 Å². The molecule has 0 bridgehead atoms. The van der Waals surface area contributed by atoms with Gasteiger partial charge in [0.1, 0.15) is 18.5 Å². The molecule has 2 aliphatic heterocycles. The molecule has 1 aromatic rings. The van der Waals surface area contributed by atoms with Gasteiger partial charge in [-0.25, -0.2) is 0 Å². The summed E-state index contributed by atoms with van der Waals surface area (Å²) in [5.74, 6) is 0.824. The Morgan fingerprint density at radius 3 is 2.65 bits per heavy atom. The minimum Gasteiger partial charge on any atom is -0.491 e. The van der Waals surface area contributed by atoms with Crippen LogP contribution in [0.1, 0.15) is 12.0 Å². The molecule has 0 spiro atoms. The van der Waals surface area contributed by atoms with Crippen LogP contribution in [-0.2, 0) is 15.9 Å². The molecule has 2 fully saturated rings. The number of anilines is 1. The monoisotopic (exact) mass is 235 g/mol. The first-order chi connectivity index (χ1) is 8.31. The summed E-state index contributed by atoms with van der Waals surface area (Å²) in [5, 5.41) is 0. The Balaban J connectivity index is 1.56. The molecule has 4 heteroatoms.